The Balaban J connectivity index is 1.99. The van der Waals surface area contributed by atoms with Crippen molar-refractivity contribution in [2.45, 2.75) is 13.0 Å². The van der Waals surface area contributed by atoms with Crippen LogP contribution >= 0.6 is 0 Å². The van der Waals surface area contributed by atoms with Gasteiger partial charge in [-0.3, -0.25) is 14.7 Å². The molecule has 0 bridgehead atoms. The zero-order chi connectivity index (χ0) is 14.5. The highest BCUT2D eigenvalue weighted by molar-refractivity contribution is 5.91. The third-order valence-corrected chi connectivity index (χ3v) is 2.96. The number of aryl methyl sites for hydroxylation is 1. The third-order valence-electron chi connectivity index (χ3n) is 2.96. The smallest absolute Gasteiger partial charge is 0.271 e. The van der Waals surface area contributed by atoms with E-state index in [1.54, 1.807) is 12.5 Å². The van der Waals surface area contributed by atoms with Crippen LogP contribution in [0.2, 0.25) is 0 Å². The number of amides is 1. The van der Waals surface area contributed by atoms with E-state index in [-0.39, 0.29) is 11.9 Å². The SMILES string of the molecule is Cc1cnc(C(=O)NCC(c2ccco2)N(C)C)cn1. The molecule has 106 valence electrons. The monoisotopic (exact) mass is 274 g/mol. The number of hydrogen-bond acceptors (Lipinski definition) is 5. The lowest BCUT2D eigenvalue weighted by Gasteiger charge is -2.22. The van der Waals surface area contributed by atoms with Crippen LogP contribution in [-0.4, -0.2) is 41.4 Å². The summed E-state index contributed by atoms with van der Waals surface area (Å²) in [4.78, 5) is 22.1. The van der Waals surface area contributed by atoms with E-state index in [2.05, 4.69) is 15.3 Å². The number of carbonyl (C=O) groups is 1. The number of likely N-dealkylation sites (N-methyl/N-ethyl adjacent to an activating group) is 1. The largest absolute Gasteiger partial charge is 0.468 e. The fourth-order valence-electron chi connectivity index (χ4n) is 1.81. The van der Waals surface area contributed by atoms with Gasteiger partial charge < -0.3 is 9.73 Å². The Morgan fingerprint density at radius 1 is 1.40 bits per heavy atom. The lowest BCUT2D eigenvalue weighted by molar-refractivity contribution is 0.0933. The van der Waals surface area contributed by atoms with Gasteiger partial charge in [0, 0.05) is 12.7 Å². The Morgan fingerprint density at radius 2 is 2.20 bits per heavy atom. The molecule has 0 radical (unpaired) electrons. The summed E-state index contributed by atoms with van der Waals surface area (Å²) in [6.07, 6.45) is 4.67. The molecule has 1 unspecified atom stereocenters. The maximum absolute atomic E-state index is 12.0. The first kappa shape index (κ1) is 14.2. The quantitative estimate of drug-likeness (QED) is 0.892. The molecule has 0 spiro atoms. The lowest BCUT2D eigenvalue weighted by atomic mass is 10.2. The molecule has 0 aliphatic heterocycles. The number of furan rings is 1. The van der Waals surface area contributed by atoms with Crippen molar-refractivity contribution in [3.63, 3.8) is 0 Å². The number of nitrogens with zero attached hydrogens (tertiary/aromatic N) is 3. The normalized spacial score (nSPS) is 12.4. The molecule has 2 aromatic heterocycles. The van der Waals surface area contributed by atoms with Crippen LogP contribution in [0.25, 0.3) is 0 Å². The standard InChI is InChI=1S/C14H18N4O2/c1-10-7-16-11(8-15-10)14(19)17-9-12(18(2)3)13-5-4-6-20-13/h4-8,12H,9H2,1-3H3,(H,17,19). The van der Waals surface area contributed by atoms with Gasteiger partial charge in [-0.2, -0.15) is 0 Å². The Kier molecular flexibility index (Phi) is 4.47. The highest BCUT2D eigenvalue weighted by Gasteiger charge is 2.18. The molecular formula is C14H18N4O2. The van der Waals surface area contributed by atoms with Gasteiger partial charge in [0.1, 0.15) is 11.5 Å². The van der Waals surface area contributed by atoms with Gasteiger partial charge in [-0.05, 0) is 33.2 Å². The van der Waals surface area contributed by atoms with E-state index in [9.17, 15) is 4.79 Å². The predicted octanol–water partition coefficient (Wildman–Crippen LogP) is 1.41. The van der Waals surface area contributed by atoms with Crippen molar-refractivity contribution in [3.8, 4) is 0 Å². The molecule has 2 rings (SSSR count). The van der Waals surface area contributed by atoms with Crippen LogP contribution < -0.4 is 5.32 Å². The third kappa shape index (κ3) is 3.42. The van der Waals surface area contributed by atoms with Crippen molar-refractivity contribution >= 4 is 5.91 Å². The van der Waals surface area contributed by atoms with Gasteiger partial charge in [0.25, 0.3) is 5.91 Å². The average molecular weight is 274 g/mol. The molecule has 1 atom stereocenters. The molecule has 0 saturated heterocycles. The number of carbonyl (C=O) groups excluding carboxylic acids is 1. The zero-order valence-electron chi connectivity index (χ0n) is 11.8. The molecule has 0 aliphatic rings. The summed E-state index contributed by atoms with van der Waals surface area (Å²) in [5.41, 5.74) is 1.09. The fraction of sp³-hybridized carbons (Fsp3) is 0.357. The van der Waals surface area contributed by atoms with Gasteiger partial charge in [-0.1, -0.05) is 0 Å². The average Bonchev–Trinajstić information content (AvgIpc) is 2.93. The molecule has 0 aliphatic carbocycles. The molecule has 2 aromatic rings. The van der Waals surface area contributed by atoms with Gasteiger partial charge in [0.05, 0.1) is 24.2 Å². The van der Waals surface area contributed by atoms with Crippen LogP contribution in [0.5, 0.6) is 0 Å². The molecule has 1 N–H and O–H groups in total. The number of aromatic nitrogens is 2. The van der Waals surface area contributed by atoms with Gasteiger partial charge >= 0.3 is 0 Å². The molecule has 6 nitrogen and oxygen atoms in total. The van der Waals surface area contributed by atoms with Crippen LogP contribution in [0.4, 0.5) is 0 Å². The van der Waals surface area contributed by atoms with Crippen molar-refractivity contribution in [2.75, 3.05) is 20.6 Å². The second-order valence-corrected chi connectivity index (χ2v) is 4.75. The molecule has 0 fully saturated rings. The van der Waals surface area contributed by atoms with Crippen LogP contribution in [0, 0.1) is 6.92 Å². The van der Waals surface area contributed by atoms with Crippen molar-refractivity contribution < 1.29 is 9.21 Å². The minimum Gasteiger partial charge on any atom is -0.468 e. The van der Waals surface area contributed by atoms with E-state index in [1.165, 1.54) is 6.20 Å². The summed E-state index contributed by atoms with van der Waals surface area (Å²) in [5.74, 6) is 0.571. The van der Waals surface area contributed by atoms with E-state index >= 15 is 0 Å². The Bertz CT molecular complexity index is 549. The van der Waals surface area contributed by atoms with E-state index in [0.717, 1.165) is 11.5 Å². The van der Waals surface area contributed by atoms with Gasteiger partial charge in [0.15, 0.2) is 0 Å². The van der Waals surface area contributed by atoms with E-state index in [4.69, 9.17) is 4.42 Å². The van der Waals surface area contributed by atoms with E-state index in [0.29, 0.717) is 12.2 Å². The number of hydrogen-bond donors (Lipinski definition) is 1. The first-order valence-electron chi connectivity index (χ1n) is 6.34. The van der Waals surface area contributed by atoms with Crippen LogP contribution in [0.3, 0.4) is 0 Å². The van der Waals surface area contributed by atoms with Crippen LogP contribution in [0.15, 0.2) is 35.2 Å². The zero-order valence-corrected chi connectivity index (χ0v) is 11.8. The maximum atomic E-state index is 12.0. The Morgan fingerprint density at radius 3 is 2.75 bits per heavy atom. The summed E-state index contributed by atoms with van der Waals surface area (Å²) in [5, 5.41) is 2.85. The topological polar surface area (TPSA) is 71.3 Å². The molecule has 20 heavy (non-hydrogen) atoms. The first-order chi connectivity index (χ1) is 9.58. The molecule has 6 heteroatoms. The van der Waals surface area contributed by atoms with Crippen LogP contribution in [-0.2, 0) is 0 Å². The van der Waals surface area contributed by atoms with E-state index < -0.39 is 0 Å². The minimum absolute atomic E-state index is 0.0210. The van der Waals surface area contributed by atoms with Crippen molar-refractivity contribution in [1.29, 1.82) is 0 Å². The number of nitrogens with one attached hydrogen (secondary N) is 1. The summed E-state index contributed by atoms with van der Waals surface area (Å²) >= 11 is 0. The van der Waals surface area contributed by atoms with Crippen molar-refractivity contribution in [3.05, 3.63) is 47.9 Å². The van der Waals surface area contributed by atoms with Crippen LogP contribution in [0.1, 0.15) is 28.0 Å². The summed E-state index contributed by atoms with van der Waals surface area (Å²) in [6, 6.07) is 3.70. The minimum atomic E-state index is -0.240. The van der Waals surface area contributed by atoms with Gasteiger partial charge in [-0.15, -0.1) is 0 Å². The van der Waals surface area contributed by atoms with Crippen molar-refractivity contribution in [2.24, 2.45) is 0 Å². The van der Waals surface area contributed by atoms with Gasteiger partial charge in [0.2, 0.25) is 0 Å². The summed E-state index contributed by atoms with van der Waals surface area (Å²) < 4.78 is 5.39. The Labute approximate surface area is 117 Å². The fourth-order valence-corrected chi connectivity index (χ4v) is 1.81. The molecular weight excluding hydrogens is 256 g/mol. The Hall–Kier alpha value is -2.21. The highest BCUT2D eigenvalue weighted by atomic mass is 16.3. The second kappa shape index (κ2) is 6.29. The summed E-state index contributed by atoms with van der Waals surface area (Å²) in [6.45, 7) is 2.27. The maximum Gasteiger partial charge on any atom is 0.271 e. The molecule has 1 amide bonds. The lowest BCUT2D eigenvalue weighted by Crippen LogP contribution is -2.34. The second-order valence-electron chi connectivity index (χ2n) is 4.75. The highest BCUT2D eigenvalue weighted by Crippen LogP contribution is 2.17. The van der Waals surface area contributed by atoms with Gasteiger partial charge in [-0.25, -0.2) is 4.98 Å². The molecule has 0 saturated carbocycles. The predicted molar refractivity (Wildman–Crippen MR) is 74.2 cm³/mol. The van der Waals surface area contributed by atoms with Crippen molar-refractivity contribution in [1.82, 2.24) is 20.2 Å². The summed E-state index contributed by atoms with van der Waals surface area (Å²) in [7, 11) is 3.87. The van der Waals surface area contributed by atoms with E-state index in [1.807, 2.05) is 38.1 Å². The first-order valence-corrected chi connectivity index (χ1v) is 6.34. The molecule has 0 aromatic carbocycles. The number of rotatable bonds is 5. The molecule has 2 heterocycles.